The lowest BCUT2D eigenvalue weighted by Crippen LogP contribution is -2.39. The molecule has 3 aliphatic rings. The lowest BCUT2D eigenvalue weighted by atomic mass is 10.00. The van der Waals surface area contributed by atoms with Crippen LogP contribution in [0.1, 0.15) is 57.2 Å². The van der Waals surface area contributed by atoms with E-state index in [0.29, 0.717) is 24.5 Å². The monoisotopic (exact) mass is 423 g/mol. The first-order valence-corrected chi connectivity index (χ1v) is 11.0. The molecule has 1 atom stereocenters. The number of ether oxygens (including phenoxy) is 2. The smallest absolute Gasteiger partial charge is 0.256 e. The van der Waals surface area contributed by atoms with Crippen molar-refractivity contribution in [2.24, 2.45) is 0 Å². The molecular weight excluding hydrogens is 394 g/mol. The van der Waals surface area contributed by atoms with Gasteiger partial charge in [-0.1, -0.05) is 6.07 Å². The van der Waals surface area contributed by atoms with Crippen LogP contribution in [0, 0.1) is 13.8 Å². The highest BCUT2D eigenvalue weighted by Gasteiger charge is 2.38. The lowest BCUT2D eigenvalue weighted by Gasteiger charge is -2.34. The van der Waals surface area contributed by atoms with Crippen LogP contribution in [0.15, 0.2) is 18.2 Å². The summed E-state index contributed by atoms with van der Waals surface area (Å²) in [7, 11) is 1.73. The minimum absolute atomic E-state index is 0.0550. The molecule has 5 rings (SSSR count). The number of nitrogens with zero attached hydrogens (tertiary/aromatic N) is 3. The highest BCUT2D eigenvalue weighted by molar-refractivity contribution is 6.00. The molecule has 1 N–H and O–H groups in total. The van der Waals surface area contributed by atoms with Crippen LogP contribution in [-0.2, 0) is 18.0 Å². The van der Waals surface area contributed by atoms with Crippen molar-refractivity contribution in [1.29, 1.82) is 0 Å². The van der Waals surface area contributed by atoms with Crippen LogP contribution in [0.25, 0.3) is 0 Å². The van der Waals surface area contributed by atoms with Gasteiger partial charge in [-0.25, -0.2) is 4.98 Å². The van der Waals surface area contributed by atoms with Gasteiger partial charge in [0.05, 0.1) is 37.1 Å². The molecule has 0 bridgehead atoms. The Balaban J connectivity index is 1.31. The summed E-state index contributed by atoms with van der Waals surface area (Å²) in [6, 6.07) is 5.87. The number of aromatic nitrogens is 1. The van der Waals surface area contributed by atoms with Crippen LogP contribution in [-0.4, -0.2) is 53.7 Å². The van der Waals surface area contributed by atoms with Crippen molar-refractivity contribution >= 4 is 11.7 Å². The molecule has 31 heavy (non-hydrogen) atoms. The van der Waals surface area contributed by atoms with E-state index in [2.05, 4.69) is 17.0 Å². The van der Waals surface area contributed by atoms with Gasteiger partial charge in [-0.15, -0.1) is 0 Å². The van der Waals surface area contributed by atoms with E-state index in [0.717, 1.165) is 48.6 Å². The van der Waals surface area contributed by atoms with Gasteiger partial charge in [-0.3, -0.25) is 4.79 Å². The van der Waals surface area contributed by atoms with Gasteiger partial charge in [0.1, 0.15) is 17.7 Å². The Bertz CT molecular complexity index is 1030. The molecule has 1 aromatic carbocycles. The molecular formula is C24H29N3O4. The quantitative estimate of drug-likeness (QED) is 0.815. The maximum atomic E-state index is 12.7. The second-order valence-electron chi connectivity index (χ2n) is 8.79. The van der Waals surface area contributed by atoms with Crippen LogP contribution in [0.5, 0.6) is 5.75 Å². The Kier molecular flexibility index (Phi) is 5.10. The maximum Gasteiger partial charge on any atom is 0.256 e. The van der Waals surface area contributed by atoms with E-state index < -0.39 is 0 Å². The molecule has 1 saturated heterocycles. The molecule has 7 heteroatoms. The van der Waals surface area contributed by atoms with E-state index in [9.17, 15) is 9.90 Å². The van der Waals surface area contributed by atoms with Crippen LogP contribution in [0.3, 0.4) is 0 Å². The number of fused-ring (bicyclic) bond motifs is 2. The second kappa shape index (κ2) is 7.80. The molecule has 7 nitrogen and oxygen atoms in total. The average molecular weight is 424 g/mol. The number of likely N-dealkylation sites (N-methyl/N-ethyl adjacent to an activating group) is 1. The van der Waals surface area contributed by atoms with Gasteiger partial charge in [0, 0.05) is 33.0 Å². The predicted octanol–water partition coefficient (Wildman–Crippen LogP) is 2.90. The van der Waals surface area contributed by atoms with Gasteiger partial charge in [-0.2, -0.15) is 0 Å². The number of aliphatic hydroxyl groups excluding tert-OH is 1. The first-order valence-electron chi connectivity index (χ1n) is 11.0. The highest BCUT2D eigenvalue weighted by Crippen LogP contribution is 2.37. The molecule has 1 amide bonds. The number of carbonyl (C=O) groups is 1. The number of amides is 1. The molecule has 1 fully saturated rings. The van der Waals surface area contributed by atoms with Crippen molar-refractivity contribution in [1.82, 2.24) is 9.88 Å². The number of rotatable bonds is 4. The van der Waals surface area contributed by atoms with Gasteiger partial charge < -0.3 is 24.4 Å². The molecule has 0 radical (unpaired) electrons. The zero-order valence-corrected chi connectivity index (χ0v) is 18.4. The predicted molar refractivity (Wildman–Crippen MR) is 116 cm³/mol. The Morgan fingerprint density at radius 3 is 2.65 bits per heavy atom. The zero-order chi connectivity index (χ0) is 21.7. The van der Waals surface area contributed by atoms with Crippen LogP contribution < -0.4 is 9.64 Å². The Labute approximate surface area is 182 Å². The summed E-state index contributed by atoms with van der Waals surface area (Å²) in [5.74, 6) is 1.78. The van der Waals surface area contributed by atoms with Gasteiger partial charge in [-0.05, 0) is 48.2 Å². The van der Waals surface area contributed by atoms with Gasteiger partial charge in [0.2, 0.25) is 0 Å². The number of piperidine rings is 1. The van der Waals surface area contributed by atoms with Crippen molar-refractivity contribution in [3.63, 3.8) is 0 Å². The zero-order valence-electron chi connectivity index (χ0n) is 18.4. The number of anilines is 1. The lowest BCUT2D eigenvalue weighted by molar-refractivity contribution is 0.0714. The van der Waals surface area contributed by atoms with E-state index >= 15 is 0 Å². The van der Waals surface area contributed by atoms with E-state index in [1.165, 1.54) is 11.1 Å². The van der Waals surface area contributed by atoms with Crippen molar-refractivity contribution < 1.29 is 19.4 Å². The minimum atomic E-state index is -0.370. The van der Waals surface area contributed by atoms with E-state index in [-0.39, 0.29) is 24.7 Å². The number of aliphatic hydroxyl groups is 1. The summed E-state index contributed by atoms with van der Waals surface area (Å²) in [6.07, 6.45) is 1.99. The molecule has 0 unspecified atom stereocenters. The second-order valence-corrected chi connectivity index (χ2v) is 8.79. The molecule has 0 spiro atoms. The van der Waals surface area contributed by atoms with E-state index in [4.69, 9.17) is 14.5 Å². The topological polar surface area (TPSA) is 75.1 Å². The van der Waals surface area contributed by atoms with E-state index in [1.54, 1.807) is 11.9 Å². The van der Waals surface area contributed by atoms with Crippen molar-refractivity contribution in [2.75, 3.05) is 31.6 Å². The Morgan fingerprint density at radius 2 is 1.90 bits per heavy atom. The van der Waals surface area contributed by atoms with Crippen LogP contribution in [0.4, 0.5) is 5.82 Å². The Morgan fingerprint density at radius 1 is 1.16 bits per heavy atom. The molecule has 0 aliphatic carbocycles. The fourth-order valence-electron chi connectivity index (χ4n) is 4.93. The number of hydrogen-bond acceptors (Lipinski definition) is 6. The molecule has 2 aromatic rings. The molecule has 1 aromatic heterocycles. The number of hydrogen-bond donors (Lipinski definition) is 1. The molecule has 164 valence electrons. The average Bonchev–Trinajstić information content (AvgIpc) is 3.33. The number of carbonyl (C=O) groups excluding carboxylic acids is 1. The summed E-state index contributed by atoms with van der Waals surface area (Å²) >= 11 is 0. The largest absolute Gasteiger partial charge is 0.490 e. The van der Waals surface area contributed by atoms with Gasteiger partial charge >= 0.3 is 0 Å². The Hall–Kier alpha value is -2.64. The van der Waals surface area contributed by atoms with Crippen molar-refractivity contribution in [3.8, 4) is 5.75 Å². The fraction of sp³-hybridized carbons (Fsp3) is 0.500. The summed E-state index contributed by atoms with van der Waals surface area (Å²) < 4.78 is 11.8. The number of benzene rings is 1. The highest BCUT2D eigenvalue weighted by atomic mass is 16.5. The summed E-state index contributed by atoms with van der Waals surface area (Å²) in [5.41, 5.74) is 5.83. The third-order valence-electron chi connectivity index (χ3n) is 6.98. The third-order valence-corrected chi connectivity index (χ3v) is 6.98. The SMILES string of the molecule is Cc1c(N2CCC(Oc3ccc4c(c3)COC4)CC2)nc2c(c1C)C(=O)N(C)[C@H]2CO. The molecule has 4 heterocycles. The normalized spacial score (nSPS) is 20.9. The van der Waals surface area contributed by atoms with Gasteiger partial charge in [0.25, 0.3) is 5.91 Å². The minimum Gasteiger partial charge on any atom is -0.490 e. The van der Waals surface area contributed by atoms with Crippen molar-refractivity contribution in [3.05, 3.63) is 51.7 Å². The summed E-state index contributed by atoms with van der Waals surface area (Å²) in [6.45, 7) is 6.95. The first kappa shape index (κ1) is 20.3. The molecule has 0 saturated carbocycles. The van der Waals surface area contributed by atoms with E-state index in [1.807, 2.05) is 19.9 Å². The summed E-state index contributed by atoms with van der Waals surface area (Å²) in [4.78, 5) is 21.4. The fourth-order valence-corrected chi connectivity index (χ4v) is 4.93. The van der Waals surface area contributed by atoms with Crippen molar-refractivity contribution in [2.45, 2.75) is 52.0 Å². The van der Waals surface area contributed by atoms with Gasteiger partial charge in [0.15, 0.2) is 0 Å². The number of pyridine rings is 1. The standard InChI is InChI=1S/C24H29N3O4/c1-14-15(2)23(25-22-20(11-28)26(3)24(29)21(14)22)27-8-6-18(7-9-27)31-19-5-4-16-12-30-13-17(16)10-19/h4-5,10,18,20,28H,6-9,11-13H2,1-3H3/t20-/m0/s1. The molecule has 3 aliphatic heterocycles. The summed E-state index contributed by atoms with van der Waals surface area (Å²) in [5, 5.41) is 9.82. The first-order chi connectivity index (χ1) is 15.0. The maximum absolute atomic E-state index is 12.7. The third kappa shape index (κ3) is 3.36. The van der Waals surface area contributed by atoms with Crippen LogP contribution in [0.2, 0.25) is 0 Å². The van der Waals surface area contributed by atoms with Crippen LogP contribution >= 0.6 is 0 Å².